The molecular formula is C15H24N4O. The van der Waals surface area contributed by atoms with Crippen molar-refractivity contribution in [3.8, 4) is 0 Å². The highest BCUT2D eigenvalue weighted by Gasteiger charge is 2.27. The minimum Gasteiger partial charge on any atom is -0.378 e. The quantitative estimate of drug-likeness (QED) is 0.802. The first-order valence-corrected chi connectivity index (χ1v) is 7.83. The van der Waals surface area contributed by atoms with Crippen molar-refractivity contribution in [3.05, 3.63) is 11.9 Å². The summed E-state index contributed by atoms with van der Waals surface area (Å²) >= 11 is 0. The van der Waals surface area contributed by atoms with Crippen LogP contribution in [0, 0.1) is 0 Å². The number of nitrogens with one attached hydrogen (secondary N) is 2. The molecule has 0 bridgehead atoms. The van der Waals surface area contributed by atoms with Gasteiger partial charge in [-0.2, -0.15) is 0 Å². The normalized spacial score (nSPS) is 21.9. The third-order valence-corrected chi connectivity index (χ3v) is 3.84. The van der Waals surface area contributed by atoms with Crippen LogP contribution in [0.25, 0.3) is 0 Å². The summed E-state index contributed by atoms with van der Waals surface area (Å²) in [5.74, 6) is 3.44. The summed E-state index contributed by atoms with van der Waals surface area (Å²) in [4.78, 5) is 9.22. The maximum absolute atomic E-state index is 5.64. The van der Waals surface area contributed by atoms with E-state index in [2.05, 4.69) is 27.5 Å². The molecule has 1 aromatic rings. The van der Waals surface area contributed by atoms with Gasteiger partial charge in [-0.05, 0) is 39.0 Å². The molecule has 2 heterocycles. The Labute approximate surface area is 120 Å². The zero-order chi connectivity index (χ0) is 13.8. The molecular weight excluding hydrogens is 252 g/mol. The van der Waals surface area contributed by atoms with Gasteiger partial charge in [0, 0.05) is 31.7 Å². The zero-order valence-electron chi connectivity index (χ0n) is 12.2. The monoisotopic (exact) mass is 276 g/mol. The predicted molar refractivity (Wildman–Crippen MR) is 80.3 cm³/mol. The molecule has 5 nitrogen and oxygen atoms in total. The van der Waals surface area contributed by atoms with Gasteiger partial charge in [0.2, 0.25) is 0 Å². The van der Waals surface area contributed by atoms with Crippen molar-refractivity contribution in [1.29, 1.82) is 0 Å². The van der Waals surface area contributed by atoms with E-state index in [1.807, 2.05) is 6.07 Å². The van der Waals surface area contributed by atoms with Crippen molar-refractivity contribution in [1.82, 2.24) is 9.97 Å². The van der Waals surface area contributed by atoms with Gasteiger partial charge in [0.25, 0.3) is 0 Å². The molecule has 2 N–H and O–H groups in total. The van der Waals surface area contributed by atoms with Gasteiger partial charge in [-0.25, -0.2) is 9.97 Å². The van der Waals surface area contributed by atoms with E-state index in [4.69, 9.17) is 4.74 Å². The van der Waals surface area contributed by atoms with Gasteiger partial charge in [-0.3, -0.25) is 0 Å². The lowest BCUT2D eigenvalue weighted by atomic mass is 10.2. The Hall–Kier alpha value is -1.36. The molecule has 0 radical (unpaired) electrons. The fourth-order valence-electron chi connectivity index (χ4n) is 2.59. The Morgan fingerprint density at radius 2 is 2.00 bits per heavy atom. The van der Waals surface area contributed by atoms with Crippen LogP contribution in [-0.2, 0) is 4.74 Å². The van der Waals surface area contributed by atoms with Gasteiger partial charge >= 0.3 is 0 Å². The van der Waals surface area contributed by atoms with Gasteiger partial charge in [0.15, 0.2) is 0 Å². The second-order valence-electron chi connectivity index (χ2n) is 5.65. The van der Waals surface area contributed by atoms with Crippen LogP contribution in [0.1, 0.15) is 50.8 Å². The van der Waals surface area contributed by atoms with Crippen molar-refractivity contribution in [2.45, 2.75) is 51.0 Å². The lowest BCUT2D eigenvalue weighted by Gasteiger charge is -2.12. The topological polar surface area (TPSA) is 59.1 Å². The molecule has 0 amide bonds. The summed E-state index contributed by atoms with van der Waals surface area (Å²) in [6.07, 6.45) is 6.34. The Kier molecular flexibility index (Phi) is 4.35. The summed E-state index contributed by atoms with van der Waals surface area (Å²) in [5.41, 5.74) is 0. The van der Waals surface area contributed by atoms with Gasteiger partial charge in [-0.15, -0.1) is 0 Å². The molecule has 0 spiro atoms. The minimum atomic E-state index is 0.431. The predicted octanol–water partition coefficient (Wildman–Crippen LogP) is 2.77. The maximum atomic E-state index is 5.64. The van der Waals surface area contributed by atoms with Crippen LogP contribution >= 0.6 is 0 Å². The van der Waals surface area contributed by atoms with E-state index in [0.29, 0.717) is 12.0 Å². The average Bonchev–Trinajstić information content (AvgIpc) is 3.17. The molecule has 1 aliphatic carbocycles. The summed E-state index contributed by atoms with van der Waals surface area (Å²) < 4.78 is 5.64. The molecule has 1 unspecified atom stereocenters. The molecule has 2 aliphatic rings. The average molecular weight is 276 g/mol. The van der Waals surface area contributed by atoms with E-state index >= 15 is 0 Å². The van der Waals surface area contributed by atoms with Crippen molar-refractivity contribution in [2.75, 3.05) is 30.3 Å². The summed E-state index contributed by atoms with van der Waals surface area (Å²) in [6.45, 7) is 4.81. The van der Waals surface area contributed by atoms with Gasteiger partial charge < -0.3 is 15.4 Å². The van der Waals surface area contributed by atoms with E-state index in [-0.39, 0.29) is 0 Å². The molecule has 5 heteroatoms. The highest BCUT2D eigenvalue weighted by atomic mass is 16.5. The Balaban J connectivity index is 1.58. The summed E-state index contributed by atoms with van der Waals surface area (Å²) in [5, 5.41) is 6.71. The fraction of sp³-hybridized carbons (Fsp3) is 0.733. The van der Waals surface area contributed by atoms with Crippen molar-refractivity contribution < 1.29 is 4.74 Å². The second-order valence-corrected chi connectivity index (χ2v) is 5.65. The molecule has 1 aromatic heterocycles. The molecule has 1 saturated carbocycles. The third kappa shape index (κ3) is 3.60. The smallest absolute Gasteiger partial charge is 0.136 e. The van der Waals surface area contributed by atoms with Gasteiger partial charge in [0.05, 0.1) is 6.10 Å². The zero-order valence-corrected chi connectivity index (χ0v) is 12.2. The number of anilines is 2. The number of nitrogens with zero attached hydrogens (tertiary/aromatic N) is 2. The molecule has 0 aromatic carbocycles. The maximum Gasteiger partial charge on any atom is 0.136 e. The van der Waals surface area contributed by atoms with E-state index < -0.39 is 0 Å². The van der Waals surface area contributed by atoms with Crippen LogP contribution < -0.4 is 10.6 Å². The van der Waals surface area contributed by atoms with Crippen LogP contribution in [0.2, 0.25) is 0 Å². The SMILES string of the molecule is CCNc1cc(NCCC2CCCO2)nc(C2CC2)n1. The first-order valence-electron chi connectivity index (χ1n) is 7.83. The highest BCUT2D eigenvalue weighted by molar-refractivity contribution is 5.48. The lowest BCUT2D eigenvalue weighted by molar-refractivity contribution is 0.107. The van der Waals surface area contributed by atoms with Crippen molar-refractivity contribution in [3.63, 3.8) is 0 Å². The number of hydrogen-bond acceptors (Lipinski definition) is 5. The van der Waals surface area contributed by atoms with E-state index in [0.717, 1.165) is 43.6 Å². The van der Waals surface area contributed by atoms with Crippen LogP contribution in [0.3, 0.4) is 0 Å². The Morgan fingerprint density at radius 3 is 2.65 bits per heavy atom. The van der Waals surface area contributed by atoms with Gasteiger partial charge in [0.1, 0.15) is 17.5 Å². The van der Waals surface area contributed by atoms with Gasteiger partial charge in [-0.1, -0.05) is 0 Å². The van der Waals surface area contributed by atoms with E-state index in [1.165, 1.54) is 25.7 Å². The fourth-order valence-corrected chi connectivity index (χ4v) is 2.59. The molecule has 1 aliphatic heterocycles. The number of rotatable bonds is 7. The second kappa shape index (κ2) is 6.39. The Bertz CT molecular complexity index is 441. The van der Waals surface area contributed by atoms with E-state index in [9.17, 15) is 0 Å². The number of aromatic nitrogens is 2. The van der Waals surface area contributed by atoms with Crippen LogP contribution in [0.15, 0.2) is 6.07 Å². The molecule has 1 atom stereocenters. The third-order valence-electron chi connectivity index (χ3n) is 3.84. The molecule has 3 rings (SSSR count). The standard InChI is InChI=1S/C15H24N4O/c1-2-16-13-10-14(19-15(18-13)11-5-6-11)17-8-7-12-4-3-9-20-12/h10-12H,2-9H2,1H3,(H2,16,17,18,19). The van der Waals surface area contributed by atoms with Crippen LogP contribution in [-0.4, -0.2) is 35.8 Å². The van der Waals surface area contributed by atoms with Crippen molar-refractivity contribution in [2.24, 2.45) is 0 Å². The number of ether oxygens (including phenoxy) is 1. The van der Waals surface area contributed by atoms with Crippen molar-refractivity contribution >= 4 is 11.6 Å². The first-order chi connectivity index (χ1) is 9.85. The summed E-state index contributed by atoms with van der Waals surface area (Å²) in [7, 11) is 0. The molecule has 20 heavy (non-hydrogen) atoms. The summed E-state index contributed by atoms with van der Waals surface area (Å²) in [6, 6.07) is 2.00. The minimum absolute atomic E-state index is 0.431. The molecule has 1 saturated heterocycles. The Morgan fingerprint density at radius 1 is 1.20 bits per heavy atom. The first kappa shape index (κ1) is 13.6. The highest BCUT2D eigenvalue weighted by Crippen LogP contribution is 2.38. The number of hydrogen-bond donors (Lipinski definition) is 2. The van der Waals surface area contributed by atoms with Crippen LogP contribution in [0.5, 0.6) is 0 Å². The molecule has 110 valence electrons. The molecule has 2 fully saturated rings. The van der Waals surface area contributed by atoms with Crippen LogP contribution in [0.4, 0.5) is 11.6 Å². The largest absolute Gasteiger partial charge is 0.378 e. The van der Waals surface area contributed by atoms with E-state index in [1.54, 1.807) is 0 Å². The lowest BCUT2D eigenvalue weighted by Crippen LogP contribution is -2.14.